The summed E-state index contributed by atoms with van der Waals surface area (Å²) in [5, 5.41) is 12.3. The average molecular weight is 502 g/mol. The fraction of sp³-hybridized carbons (Fsp3) is 0.417. The number of primary amides is 1. The van der Waals surface area contributed by atoms with E-state index in [1.165, 1.54) is 37.5 Å². The van der Waals surface area contributed by atoms with Gasteiger partial charge in [0.25, 0.3) is 0 Å². The van der Waals surface area contributed by atoms with E-state index in [1.54, 1.807) is 12.3 Å². The minimum absolute atomic E-state index is 0.0570. The quantitative estimate of drug-likeness (QED) is 0.544. The molecule has 3 saturated carbocycles. The minimum atomic E-state index is -3.63. The van der Waals surface area contributed by atoms with Crippen molar-refractivity contribution < 1.29 is 37.3 Å². The molecule has 1 aliphatic heterocycles. The minimum Gasteiger partial charge on any atom is -0.493 e. The zero-order chi connectivity index (χ0) is 26.0. The molecule has 3 fully saturated rings. The van der Waals surface area contributed by atoms with E-state index in [1.807, 2.05) is 12.1 Å². The SMILES string of the molecule is CNC12CC3(COc4ccnc(C#N)c4)CC31C2.NC=O.O=CCOc1ccc2c(c1)OC(F)(F)O2. The molecule has 190 valence electrons. The number of alkyl halides is 2. The molecule has 4 aliphatic rings. The molecule has 10 nitrogen and oxygen atoms in total. The molecule has 0 bridgehead atoms. The summed E-state index contributed by atoms with van der Waals surface area (Å²) in [6, 6.07) is 9.50. The van der Waals surface area contributed by atoms with Crippen LogP contribution in [0.2, 0.25) is 0 Å². The number of carbonyl (C=O) groups is 2. The summed E-state index contributed by atoms with van der Waals surface area (Å²) in [6.07, 6.45) is 2.66. The molecule has 3 unspecified atom stereocenters. The summed E-state index contributed by atoms with van der Waals surface area (Å²) in [5.74, 6) is 0.865. The van der Waals surface area contributed by atoms with Crippen molar-refractivity contribution in [3.8, 4) is 29.1 Å². The van der Waals surface area contributed by atoms with Crippen molar-refractivity contribution in [1.82, 2.24) is 10.3 Å². The lowest BCUT2D eigenvalue weighted by atomic mass is 9.80. The monoisotopic (exact) mass is 502 g/mol. The molecule has 0 saturated heterocycles. The summed E-state index contributed by atoms with van der Waals surface area (Å²) in [6.45, 7) is 0.640. The van der Waals surface area contributed by atoms with Crippen LogP contribution in [0, 0.1) is 22.2 Å². The number of nitrogens with two attached hydrogens (primary N) is 1. The maximum atomic E-state index is 12.6. The van der Waals surface area contributed by atoms with Gasteiger partial charge in [0.1, 0.15) is 29.9 Å². The standard InChI is InChI=1S/C14H15N3O.C9H6F2O4.CH3NO/c1-16-14-7-12(6-13(12,14)8-14)9-18-11-2-3-17-10(4-11)5-15;10-9(11)14-7-2-1-6(13-4-3-12)5-8(7)15-9;2-1-3/h2-4,16H,6-9H2,1H3;1-3,5H,4H2;1H,(H2,2,3). The molecule has 12 heteroatoms. The molecule has 1 aromatic carbocycles. The lowest BCUT2D eigenvalue weighted by molar-refractivity contribution is -0.286. The number of ether oxygens (including phenoxy) is 4. The average Bonchev–Trinajstić information content (AvgIpc) is 3.54. The second-order valence-electron chi connectivity index (χ2n) is 8.89. The van der Waals surface area contributed by atoms with Gasteiger partial charge in [-0.2, -0.15) is 5.26 Å². The molecule has 1 spiro atoms. The Bertz CT molecular complexity index is 1210. The van der Waals surface area contributed by atoms with Crippen molar-refractivity contribution in [2.75, 3.05) is 20.3 Å². The Morgan fingerprint density at radius 1 is 1.14 bits per heavy atom. The van der Waals surface area contributed by atoms with Crippen LogP contribution in [0.5, 0.6) is 23.0 Å². The number of nitriles is 1. The zero-order valence-electron chi connectivity index (χ0n) is 19.3. The number of pyridine rings is 1. The first-order valence-corrected chi connectivity index (χ1v) is 11.0. The van der Waals surface area contributed by atoms with Gasteiger partial charge in [-0.3, -0.25) is 9.59 Å². The smallest absolute Gasteiger partial charge is 0.493 e. The number of hydrogen-bond acceptors (Lipinski definition) is 9. The molecule has 3 aliphatic carbocycles. The molecule has 0 radical (unpaired) electrons. The number of nitrogens with one attached hydrogen (secondary N) is 1. The fourth-order valence-electron chi connectivity index (χ4n) is 5.45. The second kappa shape index (κ2) is 9.23. The number of amides is 1. The fourth-order valence-corrected chi connectivity index (χ4v) is 5.45. The second-order valence-corrected chi connectivity index (χ2v) is 8.89. The van der Waals surface area contributed by atoms with Crippen molar-refractivity contribution in [1.29, 1.82) is 5.26 Å². The normalized spacial score (nSPS) is 28.1. The number of rotatable bonds is 7. The number of aldehydes is 1. The highest BCUT2D eigenvalue weighted by Crippen LogP contribution is 2.95. The number of hydrogen-bond donors (Lipinski definition) is 2. The van der Waals surface area contributed by atoms with E-state index < -0.39 is 6.29 Å². The summed E-state index contributed by atoms with van der Waals surface area (Å²) in [7, 11) is 2.07. The van der Waals surface area contributed by atoms with Crippen molar-refractivity contribution in [3.05, 3.63) is 42.2 Å². The Hall–Kier alpha value is -3.98. The van der Waals surface area contributed by atoms with Crippen LogP contribution in [0.25, 0.3) is 0 Å². The first-order chi connectivity index (χ1) is 17.2. The van der Waals surface area contributed by atoms with Crippen LogP contribution >= 0.6 is 0 Å². The molecular formula is C24H24F2N4O6. The van der Waals surface area contributed by atoms with Gasteiger partial charge in [-0.15, -0.1) is 8.78 Å². The molecule has 1 aromatic heterocycles. The van der Waals surface area contributed by atoms with Crippen molar-refractivity contribution in [2.24, 2.45) is 16.6 Å². The van der Waals surface area contributed by atoms with E-state index in [-0.39, 0.29) is 30.3 Å². The number of aromatic nitrogens is 1. The summed E-state index contributed by atoms with van der Waals surface area (Å²) in [4.78, 5) is 22.5. The number of fused-ring (bicyclic) bond motifs is 1. The summed E-state index contributed by atoms with van der Waals surface area (Å²) < 4.78 is 44.3. The Labute approximate surface area is 205 Å². The predicted molar refractivity (Wildman–Crippen MR) is 119 cm³/mol. The number of carbonyl (C=O) groups excluding carboxylic acids is 2. The van der Waals surface area contributed by atoms with Gasteiger partial charge >= 0.3 is 6.29 Å². The highest BCUT2D eigenvalue weighted by molar-refractivity contribution is 5.53. The lowest BCUT2D eigenvalue weighted by Crippen LogP contribution is -2.44. The topological polar surface area (TPSA) is 146 Å². The third kappa shape index (κ3) is 4.37. The molecule has 36 heavy (non-hydrogen) atoms. The molecule has 3 atom stereocenters. The zero-order valence-corrected chi connectivity index (χ0v) is 19.3. The van der Waals surface area contributed by atoms with Gasteiger partial charge in [0.15, 0.2) is 17.8 Å². The highest BCUT2D eigenvalue weighted by atomic mass is 19.3. The van der Waals surface area contributed by atoms with Crippen LogP contribution in [-0.2, 0) is 9.59 Å². The van der Waals surface area contributed by atoms with Gasteiger partial charge in [-0.25, -0.2) is 4.98 Å². The van der Waals surface area contributed by atoms with E-state index in [9.17, 15) is 13.6 Å². The Morgan fingerprint density at radius 3 is 2.50 bits per heavy atom. The van der Waals surface area contributed by atoms with Crippen molar-refractivity contribution in [3.63, 3.8) is 0 Å². The van der Waals surface area contributed by atoms with Gasteiger partial charge in [0.2, 0.25) is 6.41 Å². The first kappa shape index (κ1) is 25.1. The van der Waals surface area contributed by atoms with Gasteiger partial charge in [-0.1, -0.05) is 0 Å². The number of benzene rings is 1. The molecule has 2 heterocycles. The molecule has 6 rings (SSSR count). The molecular weight excluding hydrogens is 478 g/mol. The molecule has 3 N–H and O–H groups in total. The largest absolute Gasteiger partial charge is 0.586 e. The van der Waals surface area contributed by atoms with Crippen LogP contribution in [0.3, 0.4) is 0 Å². The third-order valence-corrected chi connectivity index (χ3v) is 7.10. The maximum Gasteiger partial charge on any atom is 0.586 e. The van der Waals surface area contributed by atoms with Crippen LogP contribution < -0.4 is 30.0 Å². The molecule has 2 aromatic rings. The van der Waals surface area contributed by atoms with Gasteiger partial charge < -0.3 is 30.0 Å². The van der Waals surface area contributed by atoms with Gasteiger partial charge in [0.05, 0.1) is 6.61 Å². The Morgan fingerprint density at radius 2 is 1.86 bits per heavy atom. The van der Waals surface area contributed by atoms with E-state index >= 15 is 0 Å². The predicted octanol–water partition coefficient (Wildman–Crippen LogP) is 2.16. The van der Waals surface area contributed by atoms with Gasteiger partial charge in [0, 0.05) is 29.3 Å². The Balaban J connectivity index is 0.000000155. The van der Waals surface area contributed by atoms with Crippen LogP contribution in [0.1, 0.15) is 25.0 Å². The van der Waals surface area contributed by atoms with Crippen molar-refractivity contribution in [2.45, 2.75) is 31.1 Å². The van der Waals surface area contributed by atoms with E-state index in [2.05, 4.69) is 32.6 Å². The highest BCUT2D eigenvalue weighted by Gasteiger charge is 2.96. The molecule has 1 amide bonds. The Kier molecular flexibility index (Phi) is 6.44. The van der Waals surface area contributed by atoms with E-state index in [0.717, 1.165) is 12.4 Å². The van der Waals surface area contributed by atoms with Crippen LogP contribution in [-0.4, -0.2) is 49.8 Å². The van der Waals surface area contributed by atoms with Crippen LogP contribution in [0.15, 0.2) is 36.5 Å². The summed E-state index contributed by atoms with van der Waals surface area (Å²) in [5.41, 5.74) is 6.01. The third-order valence-electron chi connectivity index (χ3n) is 7.10. The maximum absolute atomic E-state index is 12.6. The van der Waals surface area contributed by atoms with E-state index in [4.69, 9.17) is 19.5 Å². The lowest BCUT2D eigenvalue weighted by Gasteiger charge is -2.33. The van der Waals surface area contributed by atoms with E-state index in [0.29, 0.717) is 28.3 Å². The van der Waals surface area contributed by atoms with Gasteiger partial charge in [-0.05, 0) is 49.9 Å². The number of halogens is 2. The first-order valence-electron chi connectivity index (χ1n) is 11.0. The van der Waals surface area contributed by atoms with Crippen LogP contribution in [0.4, 0.5) is 8.78 Å². The number of nitrogens with zero attached hydrogens (tertiary/aromatic N) is 2. The van der Waals surface area contributed by atoms with Crippen molar-refractivity contribution >= 4 is 12.7 Å². The summed E-state index contributed by atoms with van der Waals surface area (Å²) >= 11 is 0.